The molecule has 214 valence electrons. The highest BCUT2D eigenvalue weighted by Gasteiger charge is 2.29. The number of amides is 1. The third-order valence-electron chi connectivity index (χ3n) is 6.73. The molecular weight excluding hydrogens is 562 g/mol. The Morgan fingerprint density at radius 1 is 1.05 bits per heavy atom. The van der Waals surface area contributed by atoms with Gasteiger partial charge in [-0.2, -0.15) is 0 Å². The summed E-state index contributed by atoms with van der Waals surface area (Å²) >= 11 is 6.26. The Morgan fingerprint density at radius 3 is 2.38 bits per heavy atom. The number of Topliss-reactive ketones (excluding diaryl/α,β-unsaturated/α-hetero) is 1. The molecule has 10 nitrogen and oxygen atoms in total. The van der Waals surface area contributed by atoms with Crippen molar-refractivity contribution >= 4 is 34.9 Å². The molecule has 3 aromatic carbocycles. The summed E-state index contributed by atoms with van der Waals surface area (Å²) in [6, 6.07) is 19.7. The quantitative estimate of drug-likeness (QED) is 0.256. The molecule has 1 unspecified atom stereocenters. The smallest absolute Gasteiger partial charge is 0.335 e. The van der Waals surface area contributed by atoms with Gasteiger partial charge in [0.2, 0.25) is 11.8 Å². The summed E-state index contributed by atoms with van der Waals surface area (Å²) in [5, 5.41) is 16.8. The number of carboxylic acids is 1. The van der Waals surface area contributed by atoms with Crippen molar-refractivity contribution in [2.24, 2.45) is 0 Å². The molecule has 1 atom stereocenters. The van der Waals surface area contributed by atoms with Gasteiger partial charge < -0.3 is 19.9 Å². The number of carbonyl (C=O) groups is 3. The first-order valence-electron chi connectivity index (χ1n) is 13.1. The number of carboxylic acid groups (broad SMARTS) is 1. The van der Waals surface area contributed by atoms with Gasteiger partial charge in [0.15, 0.2) is 5.78 Å². The molecule has 42 heavy (non-hydrogen) atoms. The lowest BCUT2D eigenvalue weighted by Crippen LogP contribution is -2.40. The minimum atomic E-state index is -1.11. The first-order chi connectivity index (χ1) is 20.2. The number of hydrogen-bond donors (Lipinski definition) is 2. The van der Waals surface area contributed by atoms with Gasteiger partial charge in [-0.1, -0.05) is 41.9 Å². The van der Waals surface area contributed by atoms with Crippen molar-refractivity contribution in [2.45, 2.75) is 25.5 Å². The number of hydrogen-bond acceptors (Lipinski definition) is 7. The van der Waals surface area contributed by atoms with Crippen molar-refractivity contribution < 1.29 is 29.0 Å². The zero-order valence-corrected chi connectivity index (χ0v) is 23.2. The Morgan fingerprint density at radius 2 is 1.76 bits per heavy atom. The molecule has 4 aromatic rings. The van der Waals surface area contributed by atoms with E-state index in [-0.39, 0.29) is 35.3 Å². The predicted octanol–water partition coefficient (Wildman–Crippen LogP) is 4.66. The van der Waals surface area contributed by atoms with E-state index >= 15 is 0 Å². The summed E-state index contributed by atoms with van der Waals surface area (Å²) in [7, 11) is 0. The van der Waals surface area contributed by atoms with E-state index in [0.29, 0.717) is 35.1 Å². The summed E-state index contributed by atoms with van der Waals surface area (Å²) in [6.45, 7) is 2.04. The maximum atomic E-state index is 13.7. The Balaban J connectivity index is 1.60. The van der Waals surface area contributed by atoms with Crippen molar-refractivity contribution in [3.63, 3.8) is 0 Å². The highest BCUT2D eigenvalue weighted by Crippen LogP contribution is 2.34. The van der Waals surface area contributed by atoms with Gasteiger partial charge in [0.05, 0.1) is 24.3 Å². The van der Waals surface area contributed by atoms with E-state index < -0.39 is 23.5 Å². The van der Waals surface area contributed by atoms with Crippen molar-refractivity contribution in [2.75, 3.05) is 18.5 Å². The number of anilines is 1. The second-order valence-corrected chi connectivity index (χ2v) is 10.2. The number of nitrogens with one attached hydrogen (secondary N) is 1. The molecule has 2 N–H and O–H groups in total. The maximum Gasteiger partial charge on any atom is 0.335 e. The summed E-state index contributed by atoms with van der Waals surface area (Å²) in [4.78, 5) is 51.0. The fourth-order valence-corrected chi connectivity index (χ4v) is 4.66. The van der Waals surface area contributed by atoms with Crippen LogP contribution in [0.4, 0.5) is 5.69 Å². The van der Waals surface area contributed by atoms with Crippen LogP contribution in [0.5, 0.6) is 5.88 Å². The summed E-state index contributed by atoms with van der Waals surface area (Å²) in [6.07, 6.45) is -0.218. The number of halogens is 1. The summed E-state index contributed by atoms with van der Waals surface area (Å²) < 4.78 is 12.4. The third kappa shape index (κ3) is 6.40. The second-order valence-electron chi connectivity index (χ2n) is 9.75. The highest BCUT2D eigenvalue weighted by molar-refractivity contribution is 6.31. The Kier molecular flexibility index (Phi) is 8.46. The number of aromatic carboxylic acids is 1. The molecule has 5 rings (SSSR count). The van der Waals surface area contributed by atoms with Crippen LogP contribution >= 0.6 is 11.6 Å². The van der Waals surface area contributed by atoms with E-state index in [2.05, 4.69) is 10.4 Å². The van der Waals surface area contributed by atoms with Crippen LogP contribution < -0.4 is 15.6 Å². The molecule has 0 aliphatic carbocycles. The zero-order chi connectivity index (χ0) is 29.8. The molecule has 0 radical (unpaired) electrons. The van der Waals surface area contributed by atoms with Crippen molar-refractivity contribution in [1.82, 2.24) is 9.78 Å². The number of ketones is 1. The Hall–Kier alpha value is -4.80. The van der Waals surface area contributed by atoms with E-state index in [0.717, 1.165) is 10.2 Å². The molecule has 1 aliphatic rings. The van der Waals surface area contributed by atoms with Crippen LogP contribution in [0.25, 0.3) is 11.1 Å². The molecule has 1 aromatic heterocycles. The molecular formula is C31H26ClN3O7. The Labute approximate surface area is 245 Å². The van der Waals surface area contributed by atoms with Gasteiger partial charge in [-0.25, -0.2) is 9.48 Å². The molecule has 1 saturated heterocycles. The van der Waals surface area contributed by atoms with Gasteiger partial charge in [0.1, 0.15) is 12.1 Å². The minimum absolute atomic E-state index is 0.0457. The molecule has 0 bridgehead atoms. The predicted molar refractivity (Wildman–Crippen MR) is 155 cm³/mol. The third-order valence-corrected chi connectivity index (χ3v) is 6.96. The van der Waals surface area contributed by atoms with Crippen LogP contribution in [-0.4, -0.2) is 51.9 Å². The fourth-order valence-electron chi connectivity index (χ4n) is 4.49. The zero-order valence-electron chi connectivity index (χ0n) is 22.5. The minimum Gasteiger partial charge on any atom is -0.478 e. The van der Waals surface area contributed by atoms with E-state index in [1.807, 2.05) is 30.3 Å². The topological polar surface area (TPSA) is 137 Å². The number of aromatic nitrogens is 2. The van der Waals surface area contributed by atoms with Crippen LogP contribution in [0.3, 0.4) is 0 Å². The van der Waals surface area contributed by atoms with Crippen LogP contribution in [0.15, 0.2) is 83.7 Å². The number of carbonyl (C=O) groups excluding carboxylic acids is 2. The van der Waals surface area contributed by atoms with Crippen LogP contribution in [0, 0.1) is 0 Å². The molecule has 0 saturated carbocycles. The highest BCUT2D eigenvalue weighted by atomic mass is 35.5. The number of rotatable bonds is 10. The number of ether oxygens (including phenoxy) is 2. The molecule has 1 fully saturated rings. The van der Waals surface area contributed by atoms with E-state index in [9.17, 15) is 24.3 Å². The molecule has 1 aliphatic heterocycles. The van der Waals surface area contributed by atoms with Gasteiger partial charge in [-0.3, -0.25) is 14.4 Å². The number of nitrogens with zero attached hydrogens (tertiary/aromatic N) is 2. The van der Waals surface area contributed by atoms with Crippen molar-refractivity contribution in [1.29, 1.82) is 0 Å². The normalized spacial score (nSPS) is 13.6. The van der Waals surface area contributed by atoms with Crippen LogP contribution in [-0.2, 0) is 16.0 Å². The molecule has 2 heterocycles. The van der Waals surface area contributed by atoms with E-state index in [4.69, 9.17) is 21.1 Å². The van der Waals surface area contributed by atoms with Gasteiger partial charge in [-0.15, -0.1) is 5.10 Å². The standard InChI is InChI=1S/C31H26ClN3O7/c1-18(36)24-12-9-21(32)14-25(24)26-15-28(37)35(34-30(26)42-23-16-41-17-23)27(13-19-5-3-2-4-6-19)29(38)33-22-10-7-20(8-11-22)31(39)40/h2-12,14-15,23,27H,13,16-17H2,1H3,(H,33,38)(H,39,40). The van der Waals surface area contributed by atoms with Crippen molar-refractivity contribution in [3.05, 3.63) is 111 Å². The average molecular weight is 588 g/mol. The first kappa shape index (κ1) is 28.7. The molecule has 0 spiro atoms. The molecule has 1 amide bonds. The lowest BCUT2D eigenvalue weighted by Gasteiger charge is -2.28. The van der Waals surface area contributed by atoms with Crippen LogP contribution in [0.2, 0.25) is 5.02 Å². The molecule has 11 heteroatoms. The summed E-state index contributed by atoms with van der Waals surface area (Å²) in [5.41, 5.74) is 1.56. The van der Waals surface area contributed by atoms with E-state index in [1.54, 1.807) is 18.2 Å². The average Bonchev–Trinajstić information content (AvgIpc) is 2.95. The Bertz CT molecular complexity index is 1700. The summed E-state index contributed by atoms with van der Waals surface area (Å²) in [5.74, 6) is -1.83. The monoisotopic (exact) mass is 587 g/mol. The largest absolute Gasteiger partial charge is 0.478 e. The van der Waals surface area contributed by atoms with Crippen LogP contribution in [0.1, 0.15) is 39.2 Å². The van der Waals surface area contributed by atoms with Gasteiger partial charge >= 0.3 is 5.97 Å². The lowest BCUT2D eigenvalue weighted by atomic mass is 9.98. The van der Waals surface area contributed by atoms with E-state index in [1.165, 1.54) is 37.3 Å². The number of benzene rings is 3. The SMILES string of the molecule is CC(=O)c1ccc(Cl)cc1-c1cc(=O)n(C(Cc2ccccc2)C(=O)Nc2ccc(C(=O)O)cc2)nc1OC1COC1. The van der Waals surface area contributed by atoms with Crippen molar-refractivity contribution in [3.8, 4) is 17.0 Å². The van der Waals surface area contributed by atoms with Gasteiger partial charge in [0.25, 0.3) is 5.56 Å². The second kappa shape index (κ2) is 12.4. The van der Waals surface area contributed by atoms with Gasteiger partial charge in [-0.05, 0) is 60.5 Å². The van der Waals surface area contributed by atoms with Gasteiger partial charge in [0, 0.05) is 28.8 Å². The fraction of sp³-hybridized carbons (Fsp3) is 0.194. The first-order valence-corrected chi connectivity index (χ1v) is 13.4. The lowest BCUT2D eigenvalue weighted by molar-refractivity contribution is -0.119. The maximum absolute atomic E-state index is 13.7.